The number of carboxylic acids is 1. The molecule has 0 saturated carbocycles. The van der Waals surface area contributed by atoms with Crippen LogP contribution in [0.5, 0.6) is 0 Å². The lowest BCUT2D eigenvalue weighted by Crippen LogP contribution is -2.49. The van der Waals surface area contributed by atoms with Gasteiger partial charge < -0.3 is 20.5 Å². The van der Waals surface area contributed by atoms with Gasteiger partial charge in [-0.2, -0.15) is 0 Å². The second-order valence-corrected chi connectivity index (χ2v) is 5.17. The standard InChI is InChI=1S/C12H20N2O4/c1-7-4-13-3-2-8(7)11(15)14-10-6-18-5-9(10)12(16)17/h7-10,13H,2-6H2,1H3,(H,14,15)(H,16,17). The molecular formula is C12H20N2O4. The Bertz CT molecular complexity index is 334. The maximum atomic E-state index is 12.1. The van der Waals surface area contributed by atoms with Crippen LogP contribution in [-0.2, 0) is 14.3 Å². The van der Waals surface area contributed by atoms with E-state index in [0.717, 1.165) is 19.5 Å². The summed E-state index contributed by atoms with van der Waals surface area (Å²) in [6.07, 6.45) is 0.804. The van der Waals surface area contributed by atoms with Crippen molar-refractivity contribution in [1.29, 1.82) is 0 Å². The monoisotopic (exact) mass is 256 g/mol. The Morgan fingerprint density at radius 3 is 2.78 bits per heavy atom. The molecule has 0 radical (unpaired) electrons. The number of aliphatic carboxylic acids is 1. The van der Waals surface area contributed by atoms with Gasteiger partial charge in [-0.1, -0.05) is 6.92 Å². The molecule has 0 aliphatic carbocycles. The molecule has 2 heterocycles. The molecule has 0 spiro atoms. The fourth-order valence-electron chi connectivity index (χ4n) is 2.63. The van der Waals surface area contributed by atoms with Crippen molar-refractivity contribution in [3.05, 3.63) is 0 Å². The first-order valence-corrected chi connectivity index (χ1v) is 6.41. The molecule has 102 valence electrons. The summed E-state index contributed by atoms with van der Waals surface area (Å²) in [6.45, 7) is 4.19. The van der Waals surface area contributed by atoms with Crippen LogP contribution in [0.3, 0.4) is 0 Å². The number of rotatable bonds is 3. The Hall–Kier alpha value is -1.14. The molecule has 0 aromatic heterocycles. The van der Waals surface area contributed by atoms with Crippen LogP contribution < -0.4 is 10.6 Å². The maximum Gasteiger partial charge on any atom is 0.311 e. The lowest BCUT2D eigenvalue weighted by molar-refractivity contribution is -0.142. The number of hydrogen-bond donors (Lipinski definition) is 3. The molecular weight excluding hydrogens is 236 g/mol. The van der Waals surface area contributed by atoms with Gasteiger partial charge in [0, 0.05) is 5.92 Å². The van der Waals surface area contributed by atoms with Gasteiger partial charge in [0.05, 0.1) is 19.3 Å². The Labute approximate surface area is 106 Å². The first-order valence-electron chi connectivity index (χ1n) is 6.41. The quantitative estimate of drug-likeness (QED) is 0.630. The summed E-state index contributed by atoms with van der Waals surface area (Å²) in [5.74, 6) is -1.31. The fourth-order valence-corrected chi connectivity index (χ4v) is 2.63. The normalized spacial score (nSPS) is 36.3. The summed E-state index contributed by atoms with van der Waals surface area (Å²) >= 11 is 0. The highest BCUT2D eigenvalue weighted by molar-refractivity contribution is 5.80. The maximum absolute atomic E-state index is 12.1. The van der Waals surface area contributed by atoms with Gasteiger partial charge in [0.2, 0.25) is 5.91 Å². The number of piperidine rings is 1. The van der Waals surface area contributed by atoms with Crippen LogP contribution in [0.25, 0.3) is 0 Å². The molecule has 6 heteroatoms. The van der Waals surface area contributed by atoms with Crippen LogP contribution in [0.2, 0.25) is 0 Å². The van der Waals surface area contributed by atoms with Crippen molar-refractivity contribution in [3.63, 3.8) is 0 Å². The van der Waals surface area contributed by atoms with Gasteiger partial charge in [-0.05, 0) is 25.4 Å². The Morgan fingerprint density at radius 1 is 1.33 bits per heavy atom. The van der Waals surface area contributed by atoms with Crippen molar-refractivity contribution in [3.8, 4) is 0 Å². The van der Waals surface area contributed by atoms with Crippen molar-refractivity contribution in [2.24, 2.45) is 17.8 Å². The molecule has 2 rings (SSSR count). The van der Waals surface area contributed by atoms with E-state index >= 15 is 0 Å². The lowest BCUT2D eigenvalue weighted by atomic mass is 9.86. The third kappa shape index (κ3) is 2.81. The van der Waals surface area contributed by atoms with Gasteiger partial charge in [0.25, 0.3) is 0 Å². The average Bonchev–Trinajstić information content (AvgIpc) is 2.77. The van der Waals surface area contributed by atoms with E-state index in [2.05, 4.69) is 10.6 Å². The van der Waals surface area contributed by atoms with Gasteiger partial charge >= 0.3 is 5.97 Å². The predicted octanol–water partition coefficient (Wildman–Crippen LogP) is -0.552. The highest BCUT2D eigenvalue weighted by Crippen LogP contribution is 2.20. The number of carboxylic acid groups (broad SMARTS) is 1. The van der Waals surface area contributed by atoms with Crippen LogP contribution in [0.4, 0.5) is 0 Å². The van der Waals surface area contributed by atoms with E-state index in [1.54, 1.807) is 0 Å². The zero-order chi connectivity index (χ0) is 13.1. The second kappa shape index (κ2) is 5.67. The first-order chi connectivity index (χ1) is 8.59. The number of ether oxygens (including phenoxy) is 1. The summed E-state index contributed by atoms with van der Waals surface area (Å²) < 4.78 is 5.14. The molecule has 3 N–H and O–H groups in total. The molecule has 1 amide bonds. The van der Waals surface area contributed by atoms with Crippen molar-refractivity contribution < 1.29 is 19.4 Å². The molecule has 0 bridgehead atoms. The summed E-state index contributed by atoms with van der Waals surface area (Å²) in [4.78, 5) is 23.1. The van der Waals surface area contributed by atoms with Gasteiger partial charge in [-0.3, -0.25) is 9.59 Å². The number of carbonyl (C=O) groups excluding carboxylic acids is 1. The summed E-state index contributed by atoms with van der Waals surface area (Å²) in [6, 6.07) is -0.392. The van der Waals surface area contributed by atoms with Crippen LogP contribution in [0.15, 0.2) is 0 Å². The SMILES string of the molecule is CC1CNCCC1C(=O)NC1COCC1C(=O)O. The zero-order valence-electron chi connectivity index (χ0n) is 10.5. The van der Waals surface area contributed by atoms with E-state index in [0.29, 0.717) is 6.61 Å². The third-order valence-electron chi connectivity index (χ3n) is 3.85. The summed E-state index contributed by atoms with van der Waals surface area (Å²) in [5, 5.41) is 15.1. The third-order valence-corrected chi connectivity index (χ3v) is 3.85. The first kappa shape index (κ1) is 13.3. The summed E-state index contributed by atoms with van der Waals surface area (Å²) in [5.41, 5.74) is 0. The molecule has 0 aromatic carbocycles. The zero-order valence-corrected chi connectivity index (χ0v) is 10.5. The molecule has 6 nitrogen and oxygen atoms in total. The minimum absolute atomic E-state index is 0.0266. The summed E-state index contributed by atoms with van der Waals surface area (Å²) in [7, 11) is 0. The Morgan fingerprint density at radius 2 is 2.11 bits per heavy atom. The van der Waals surface area contributed by atoms with Crippen LogP contribution in [0.1, 0.15) is 13.3 Å². The van der Waals surface area contributed by atoms with Crippen molar-refractivity contribution in [1.82, 2.24) is 10.6 Å². The minimum Gasteiger partial charge on any atom is -0.481 e. The Kier molecular flexibility index (Phi) is 4.19. The van der Waals surface area contributed by atoms with Crippen molar-refractivity contribution in [2.45, 2.75) is 19.4 Å². The predicted molar refractivity (Wildman–Crippen MR) is 64.0 cm³/mol. The largest absolute Gasteiger partial charge is 0.481 e. The Balaban J connectivity index is 1.92. The van der Waals surface area contributed by atoms with Gasteiger partial charge in [0.15, 0.2) is 0 Å². The topological polar surface area (TPSA) is 87.7 Å². The van der Waals surface area contributed by atoms with Crippen LogP contribution >= 0.6 is 0 Å². The number of amides is 1. The fraction of sp³-hybridized carbons (Fsp3) is 0.833. The molecule has 2 aliphatic heterocycles. The second-order valence-electron chi connectivity index (χ2n) is 5.17. The van der Waals surface area contributed by atoms with E-state index in [4.69, 9.17) is 9.84 Å². The van der Waals surface area contributed by atoms with E-state index < -0.39 is 17.9 Å². The van der Waals surface area contributed by atoms with Crippen LogP contribution in [0, 0.1) is 17.8 Å². The molecule has 18 heavy (non-hydrogen) atoms. The lowest BCUT2D eigenvalue weighted by Gasteiger charge is -2.29. The van der Waals surface area contributed by atoms with E-state index in [1.807, 2.05) is 6.92 Å². The van der Waals surface area contributed by atoms with E-state index in [1.165, 1.54) is 0 Å². The molecule has 4 unspecified atom stereocenters. The number of carbonyl (C=O) groups is 2. The number of nitrogens with one attached hydrogen (secondary N) is 2. The van der Waals surface area contributed by atoms with E-state index in [9.17, 15) is 9.59 Å². The van der Waals surface area contributed by atoms with Gasteiger partial charge in [-0.15, -0.1) is 0 Å². The highest BCUT2D eigenvalue weighted by atomic mass is 16.5. The molecule has 4 atom stereocenters. The number of hydrogen-bond acceptors (Lipinski definition) is 4. The highest BCUT2D eigenvalue weighted by Gasteiger charge is 2.37. The average molecular weight is 256 g/mol. The van der Waals surface area contributed by atoms with E-state index in [-0.39, 0.29) is 24.3 Å². The molecule has 2 saturated heterocycles. The minimum atomic E-state index is -0.906. The van der Waals surface area contributed by atoms with Crippen molar-refractivity contribution >= 4 is 11.9 Å². The van der Waals surface area contributed by atoms with Gasteiger partial charge in [0.1, 0.15) is 5.92 Å². The molecule has 0 aromatic rings. The smallest absolute Gasteiger partial charge is 0.311 e. The van der Waals surface area contributed by atoms with Crippen molar-refractivity contribution in [2.75, 3.05) is 26.3 Å². The van der Waals surface area contributed by atoms with Crippen LogP contribution in [-0.4, -0.2) is 49.3 Å². The van der Waals surface area contributed by atoms with Gasteiger partial charge in [-0.25, -0.2) is 0 Å². The molecule has 2 aliphatic rings. The molecule has 2 fully saturated rings.